The van der Waals surface area contributed by atoms with Gasteiger partial charge in [-0.15, -0.1) is 11.8 Å². The Balaban J connectivity index is 1.66. The van der Waals surface area contributed by atoms with Gasteiger partial charge < -0.3 is 20.1 Å². The number of hydrogen-bond acceptors (Lipinski definition) is 6. The molecule has 1 aliphatic rings. The van der Waals surface area contributed by atoms with Gasteiger partial charge in [0, 0.05) is 46.6 Å². The zero-order chi connectivity index (χ0) is 26.0. The number of thioether (sulfide) groups is 1. The first-order valence-corrected chi connectivity index (χ1v) is 12.7. The Kier molecular flexibility index (Phi) is 7.99. The molecule has 0 bridgehead atoms. The van der Waals surface area contributed by atoms with E-state index in [0.29, 0.717) is 25.9 Å². The number of ketones is 1. The molecule has 192 valence electrons. The number of carbonyl (C=O) groups excluding carboxylic acids is 1. The van der Waals surface area contributed by atoms with E-state index in [-0.39, 0.29) is 61.8 Å². The van der Waals surface area contributed by atoms with Gasteiger partial charge in [0.05, 0.1) is 22.3 Å². The number of β-amino-alcohol motifs (C(OH)–C–C–N with tert-alkyl or cyclic N) is 1. The van der Waals surface area contributed by atoms with Crippen LogP contribution in [-0.2, 0) is 11.0 Å². The smallest absolute Gasteiger partial charge is 0.416 e. The highest BCUT2D eigenvalue weighted by Gasteiger charge is 2.31. The first-order chi connectivity index (χ1) is 17.0. The van der Waals surface area contributed by atoms with E-state index in [4.69, 9.17) is 11.6 Å². The molecule has 0 aliphatic carbocycles. The van der Waals surface area contributed by atoms with Gasteiger partial charge in [-0.05, 0) is 55.8 Å². The van der Waals surface area contributed by atoms with Crippen molar-refractivity contribution in [2.45, 2.75) is 36.4 Å². The number of fused-ring (bicyclic) bond motifs is 1. The standard InChI is InChI=1S/C25H24ClF3N2O4S/c26-15-4-6-21(34)19(11-15)22-18-10-14(25(27,28)29)3-5-20(18)30-24(35)23(22)36-13-17(33)2-1-8-31-9-7-16(32)12-31/h3-6,10-11,16,32,34H,1-2,7-9,12-13H2,(H,30,35). The molecule has 4 rings (SSSR count). The molecule has 0 amide bonds. The molecule has 3 aromatic rings. The summed E-state index contributed by atoms with van der Waals surface area (Å²) in [5, 5.41) is 20.4. The molecule has 3 N–H and O–H groups in total. The number of carbonyl (C=O) groups is 1. The van der Waals surface area contributed by atoms with E-state index in [2.05, 4.69) is 9.88 Å². The summed E-state index contributed by atoms with van der Waals surface area (Å²) in [5.74, 6) is -0.445. The average Bonchev–Trinajstić information content (AvgIpc) is 3.23. The zero-order valence-electron chi connectivity index (χ0n) is 19.1. The highest BCUT2D eigenvalue weighted by molar-refractivity contribution is 8.00. The summed E-state index contributed by atoms with van der Waals surface area (Å²) in [4.78, 5) is 30.2. The van der Waals surface area contributed by atoms with Crippen LogP contribution in [0.3, 0.4) is 0 Å². The van der Waals surface area contributed by atoms with E-state index in [1.54, 1.807) is 0 Å². The minimum atomic E-state index is -4.62. The largest absolute Gasteiger partial charge is 0.507 e. The van der Waals surface area contributed by atoms with Gasteiger partial charge in [0.2, 0.25) is 0 Å². The summed E-state index contributed by atoms with van der Waals surface area (Å²) < 4.78 is 40.4. The summed E-state index contributed by atoms with van der Waals surface area (Å²) >= 11 is 7.02. The fourth-order valence-electron chi connectivity index (χ4n) is 4.30. The highest BCUT2D eigenvalue weighted by Crippen LogP contribution is 2.42. The number of Topliss-reactive ketones (excluding diaryl/α,β-unsaturated/α-hetero) is 1. The fraction of sp³-hybridized carbons (Fsp3) is 0.360. The van der Waals surface area contributed by atoms with Gasteiger partial charge in [-0.25, -0.2) is 0 Å². The van der Waals surface area contributed by atoms with Crippen LogP contribution < -0.4 is 5.56 Å². The van der Waals surface area contributed by atoms with Gasteiger partial charge in [-0.3, -0.25) is 9.59 Å². The van der Waals surface area contributed by atoms with Crippen molar-refractivity contribution >= 4 is 40.0 Å². The predicted octanol–water partition coefficient (Wildman–Crippen LogP) is 5.08. The molecular weight excluding hydrogens is 517 g/mol. The first-order valence-electron chi connectivity index (χ1n) is 11.3. The maximum absolute atomic E-state index is 13.5. The minimum absolute atomic E-state index is 0.0235. The molecule has 6 nitrogen and oxygen atoms in total. The van der Waals surface area contributed by atoms with Gasteiger partial charge in [0.15, 0.2) is 0 Å². The van der Waals surface area contributed by atoms with Crippen LogP contribution in [-0.4, -0.2) is 57.4 Å². The number of benzene rings is 2. The van der Waals surface area contributed by atoms with Gasteiger partial charge in [0.25, 0.3) is 5.56 Å². The third-order valence-electron chi connectivity index (χ3n) is 6.08. The van der Waals surface area contributed by atoms with Crippen LogP contribution >= 0.6 is 23.4 Å². The van der Waals surface area contributed by atoms with Crippen LogP contribution in [0.1, 0.15) is 24.8 Å². The SMILES string of the molecule is O=C(CCCN1CCC(O)C1)CSc1c(-c2cc(Cl)ccc2O)c2cc(C(F)(F)F)ccc2[nH]c1=O. The van der Waals surface area contributed by atoms with Crippen LogP contribution in [0.25, 0.3) is 22.0 Å². The number of hydrogen-bond donors (Lipinski definition) is 3. The lowest BCUT2D eigenvalue weighted by molar-refractivity contribution is -0.137. The first kappa shape index (κ1) is 26.5. The van der Waals surface area contributed by atoms with Crippen molar-refractivity contribution in [3.63, 3.8) is 0 Å². The number of H-pyrrole nitrogens is 1. The van der Waals surface area contributed by atoms with Gasteiger partial charge in [-0.2, -0.15) is 13.2 Å². The van der Waals surface area contributed by atoms with Crippen molar-refractivity contribution in [2.75, 3.05) is 25.4 Å². The number of aromatic amines is 1. The van der Waals surface area contributed by atoms with Crippen molar-refractivity contribution in [1.82, 2.24) is 9.88 Å². The third kappa shape index (κ3) is 6.05. The van der Waals surface area contributed by atoms with Gasteiger partial charge >= 0.3 is 6.18 Å². The number of pyridine rings is 1. The lowest BCUT2D eigenvalue weighted by Crippen LogP contribution is -2.23. The van der Waals surface area contributed by atoms with E-state index in [1.165, 1.54) is 24.3 Å². The number of aromatic hydroxyl groups is 1. The fourth-order valence-corrected chi connectivity index (χ4v) is 5.47. The van der Waals surface area contributed by atoms with Crippen LogP contribution in [0.4, 0.5) is 13.2 Å². The summed E-state index contributed by atoms with van der Waals surface area (Å²) in [6.07, 6.45) is -3.39. The van der Waals surface area contributed by atoms with Crippen molar-refractivity contribution in [3.8, 4) is 16.9 Å². The molecule has 1 atom stereocenters. The Morgan fingerprint density at radius 2 is 2.00 bits per heavy atom. The van der Waals surface area contributed by atoms with E-state index < -0.39 is 17.3 Å². The second kappa shape index (κ2) is 10.8. The Labute approximate surface area is 214 Å². The second-order valence-electron chi connectivity index (χ2n) is 8.75. The predicted molar refractivity (Wildman–Crippen MR) is 134 cm³/mol. The topological polar surface area (TPSA) is 93.6 Å². The Morgan fingerprint density at radius 3 is 2.69 bits per heavy atom. The van der Waals surface area contributed by atoms with Crippen molar-refractivity contribution < 1.29 is 28.2 Å². The Morgan fingerprint density at radius 1 is 1.22 bits per heavy atom. The van der Waals surface area contributed by atoms with Crippen LogP contribution in [0, 0.1) is 0 Å². The second-order valence-corrected chi connectivity index (χ2v) is 10.2. The van der Waals surface area contributed by atoms with Crippen LogP contribution in [0.15, 0.2) is 46.1 Å². The quantitative estimate of drug-likeness (QED) is 0.345. The average molecular weight is 541 g/mol. The number of nitrogens with zero attached hydrogens (tertiary/aromatic N) is 1. The lowest BCUT2D eigenvalue weighted by Gasteiger charge is -2.16. The normalized spacial score (nSPS) is 16.6. The molecule has 36 heavy (non-hydrogen) atoms. The number of rotatable bonds is 8. The van der Waals surface area contributed by atoms with E-state index in [1.807, 2.05) is 0 Å². The third-order valence-corrected chi connectivity index (χ3v) is 7.46. The minimum Gasteiger partial charge on any atom is -0.507 e. The highest BCUT2D eigenvalue weighted by atomic mass is 35.5. The number of phenols is 1. The summed E-state index contributed by atoms with van der Waals surface area (Å²) in [6, 6.07) is 7.05. The van der Waals surface area contributed by atoms with Crippen molar-refractivity contribution in [3.05, 3.63) is 57.3 Å². The number of aliphatic hydroxyl groups excluding tert-OH is 1. The number of nitrogens with one attached hydrogen (secondary N) is 1. The zero-order valence-corrected chi connectivity index (χ0v) is 20.6. The summed E-state index contributed by atoms with van der Waals surface area (Å²) in [7, 11) is 0. The maximum atomic E-state index is 13.5. The Bertz CT molecular complexity index is 1350. The van der Waals surface area contributed by atoms with Crippen molar-refractivity contribution in [1.29, 1.82) is 0 Å². The van der Waals surface area contributed by atoms with Gasteiger partial charge in [0.1, 0.15) is 11.5 Å². The molecule has 1 unspecified atom stereocenters. The number of alkyl halides is 3. The molecule has 0 saturated carbocycles. The Hall–Kier alpha value is -2.53. The number of likely N-dealkylation sites (tertiary alicyclic amines) is 1. The van der Waals surface area contributed by atoms with E-state index in [9.17, 15) is 33.0 Å². The van der Waals surface area contributed by atoms with Crippen LogP contribution in [0.5, 0.6) is 5.75 Å². The molecule has 1 fully saturated rings. The molecule has 2 heterocycles. The molecule has 1 aliphatic heterocycles. The monoisotopic (exact) mass is 540 g/mol. The number of aromatic nitrogens is 1. The van der Waals surface area contributed by atoms with Crippen molar-refractivity contribution in [2.24, 2.45) is 0 Å². The number of phenolic OH excluding ortho intramolecular Hbond substituents is 1. The lowest BCUT2D eigenvalue weighted by atomic mass is 9.98. The summed E-state index contributed by atoms with van der Waals surface area (Å²) in [6.45, 7) is 2.04. The molecule has 11 heteroatoms. The number of aliphatic hydroxyl groups is 1. The van der Waals surface area contributed by atoms with Crippen LogP contribution in [0.2, 0.25) is 5.02 Å². The van der Waals surface area contributed by atoms with Gasteiger partial charge in [-0.1, -0.05) is 11.6 Å². The molecule has 1 aromatic heterocycles. The molecule has 1 saturated heterocycles. The van der Waals surface area contributed by atoms with E-state index in [0.717, 1.165) is 30.4 Å². The molecular formula is C25H24ClF3N2O4S. The maximum Gasteiger partial charge on any atom is 0.416 e. The number of halogens is 4. The van der Waals surface area contributed by atoms with E-state index >= 15 is 0 Å². The molecule has 0 spiro atoms. The summed E-state index contributed by atoms with van der Waals surface area (Å²) in [5.41, 5.74) is -1.15. The molecule has 2 aromatic carbocycles. The molecule has 0 radical (unpaired) electrons.